The standard InChI is InChI=1S/C33H35FN6O2/c1-2-22-8-5-9-23-18-24(41)19-25(27(22)23)29-28(34)30-26(20-36-29)31(39-14-4-3-12-35-13-17-39)38-32(37-30)42-21-33-10-6-15-40(33)16-7-11-33/h1,5,8-9,18-20,35,41H,3-4,6-7,10-17,21H2. The van der Waals surface area contributed by atoms with E-state index < -0.39 is 5.82 Å². The lowest BCUT2D eigenvalue weighted by Gasteiger charge is -2.31. The van der Waals surface area contributed by atoms with Crippen molar-refractivity contribution in [3.63, 3.8) is 0 Å². The molecule has 0 amide bonds. The van der Waals surface area contributed by atoms with Crippen LogP contribution in [0.2, 0.25) is 0 Å². The highest BCUT2D eigenvalue weighted by Crippen LogP contribution is 2.40. The summed E-state index contributed by atoms with van der Waals surface area (Å²) in [6, 6.07) is 8.78. The number of aromatic hydroxyl groups is 1. The van der Waals surface area contributed by atoms with E-state index in [-0.39, 0.29) is 28.5 Å². The largest absolute Gasteiger partial charge is 0.508 e. The van der Waals surface area contributed by atoms with Crippen molar-refractivity contribution in [3.05, 3.63) is 47.9 Å². The molecule has 3 aliphatic rings. The molecular formula is C33H35FN6O2. The summed E-state index contributed by atoms with van der Waals surface area (Å²) < 4.78 is 23.1. The van der Waals surface area contributed by atoms with Crippen LogP contribution in [0.5, 0.6) is 11.8 Å². The quantitative estimate of drug-likeness (QED) is 0.331. The molecule has 216 valence electrons. The van der Waals surface area contributed by atoms with E-state index in [0.29, 0.717) is 39.7 Å². The average Bonchev–Trinajstić information content (AvgIpc) is 3.56. The molecular weight excluding hydrogens is 531 g/mol. The molecule has 0 aliphatic carbocycles. The molecule has 2 aromatic carbocycles. The summed E-state index contributed by atoms with van der Waals surface area (Å²) in [5, 5.41) is 15.9. The number of halogens is 1. The predicted octanol–water partition coefficient (Wildman–Crippen LogP) is 4.87. The Labute approximate surface area is 244 Å². The third-order valence-corrected chi connectivity index (χ3v) is 9.19. The second kappa shape index (κ2) is 11.0. The maximum absolute atomic E-state index is 16.7. The maximum atomic E-state index is 16.7. The Morgan fingerprint density at radius 3 is 2.74 bits per heavy atom. The topological polar surface area (TPSA) is 86.6 Å². The van der Waals surface area contributed by atoms with Gasteiger partial charge >= 0.3 is 6.01 Å². The Bertz CT molecular complexity index is 1680. The van der Waals surface area contributed by atoms with Crippen molar-refractivity contribution >= 4 is 27.5 Å². The third-order valence-electron chi connectivity index (χ3n) is 9.19. The molecule has 0 unspecified atom stereocenters. The number of rotatable bonds is 5. The molecule has 5 heterocycles. The van der Waals surface area contributed by atoms with E-state index in [2.05, 4.69) is 31.0 Å². The molecule has 8 nitrogen and oxygen atoms in total. The minimum Gasteiger partial charge on any atom is -0.508 e. The van der Waals surface area contributed by atoms with Crippen molar-refractivity contribution in [2.45, 2.75) is 44.1 Å². The number of hydrogen-bond donors (Lipinski definition) is 2. The van der Waals surface area contributed by atoms with Gasteiger partial charge in [-0.15, -0.1) is 6.42 Å². The first-order chi connectivity index (χ1) is 20.6. The molecule has 42 heavy (non-hydrogen) atoms. The predicted molar refractivity (Wildman–Crippen MR) is 162 cm³/mol. The van der Waals surface area contributed by atoms with Gasteiger partial charge in [-0.1, -0.05) is 18.1 Å². The van der Waals surface area contributed by atoms with E-state index >= 15 is 4.39 Å². The number of benzene rings is 2. The highest BCUT2D eigenvalue weighted by molar-refractivity contribution is 6.02. The number of pyridine rings is 1. The number of aromatic nitrogens is 3. The van der Waals surface area contributed by atoms with E-state index in [1.807, 2.05) is 12.1 Å². The number of fused-ring (bicyclic) bond motifs is 3. The summed E-state index contributed by atoms with van der Waals surface area (Å²) in [6.07, 6.45) is 14.0. The number of hydrogen-bond acceptors (Lipinski definition) is 8. The van der Waals surface area contributed by atoms with Crippen LogP contribution in [0.4, 0.5) is 10.2 Å². The van der Waals surface area contributed by atoms with Crippen molar-refractivity contribution in [2.24, 2.45) is 0 Å². The van der Waals surface area contributed by atoms with Crippen LogP contribution in [0.1, 0.15) is 44.1 Å². The summed E-state index contributed by atoms with van der Waals surface area (Å²) in [5.41, 5.74) is 1.25. The molecule has 0 atom stereocenters. The fraction of sp³-hybridized carbons (Fsp3) is 0.424. The minimum atomic E-state index is -0.591. The molecule has 3 aliphatic heterocycles. The van der Waals surface area contributed by atoms with Gasteiger partial charge in [0.15, 0.2) is 5.82 Å². The van der Waals surface area contributed by atoms with Gasteiger partial charge in [0, 0.05) is 42.3 Å². The van der Waals surface area contributed by atoms with Crippen LogP contribution in [0.3, 0.4) is 0 Å². The molecule has 7 rings (SSSR count). The van der Waals surface area contributed by atoms with Crippen LogP contribution in [0.25, 0.3) is 32.9 Å². The number of terminal acetylenes is 1. The highest BCUT2D eigenvalue weighted by atomic mass is 19.1. The maximum Gasteiger partial charge on any atom is 0.319 e. The van der Waals surface area contributed by atoms with Gasteiger partial charge in [-0.2, -0.15) is 9.97 Å². The number of ether oxygens (including phenoxy) is 1. The van der Waals surface area contributed by atoms with E-state index in [1.54, 1.807) is 18.3 Å². The van der Waals surface area contributed by atoms with Crippen molar-refractivity contribution in [1.29, 1.82) is 0 Å². The van der Waals surface area contributed by atoms with E-state index in [1.165, 1.54) is 6.07 Å². The first-order valence-corrected chi connectivity index (χ1v) is 15.0. The molecule has 0 radical (unpaired) electrons. The van der Waals surface area contributed by atoms with Gasteiger partial charge in [-0.25, -0.2) is 4.39 Å². The van der Waals surface area contributed by atoms with Crippen molar-refractivity contribution in [2.75, 3.05) is 50.8 Å². The second-order valence-electron chi connectivity index (χ2n) is 11.7. The highest BCUT2D eigenvalue weighted by Gasteiger charge is 2.45. The summed E-state index contributed by atoms with van der Waals surface area (Å²) in [4.78, 5) is 18.8. The van der Waals surface area contributed by atoms with Crippen LogP contribution in [0, 0.1) is 18.2 Å². The van der Waals surface area contributed by atoms with Gasteiger partial charge < -0.3 is 20.1 Å². The molecule has 3 saturated heterocycles. The van der Waals surface area contributed by atoms with Crippen LogP contribution >= 0.6 is 0 Å². The molecule has 2 N–H and O–H groups in total. The molecule has 0 spiro atoms. The Kier molecular flexibility index (Phi) is 7.04. The van der Waals surface area contributed by atoms with Gasteiger partial charge in [-0.05, 0) is 81.7 Å². The minimum absolute atomic E-state index is 0.00503. The van der Waals surface area contributed by atoms with Gasteiger partial charge in [0.05, 0.1) is 10.9 Å². The van der Waals surface area contributed by atoms with Crippen LogP contribution in [-0.2, 0) is 0 Å². The molecule has 0 bridgehead atoms. The van der Waals surface area contributed by atoms with E-state index in [0.717, 1.165) is 77.8 Å². The summed E-state index contributed by atoms with van der Waals surface area (Å²) >= 11 is 0. The van der Waals surface area contributed by atoms with Gasteiger partial charge in [-0.3, -0.25) is 9.88 Å². The number of phenolic OH excluding ortho intramolecular Hbond substituents is 1. The molecule has 0 saturated carbocycles. The number of nitrogens with one attached hydrogen (secondary N) is 1. The van der Waals surface area contributed by atoms with Gasteiger partial charge in [0.1, 0.15) is 29.4 Å². The van der Waals surface area contributed by atoms with E-state index in [9.17, 15) is 5.11 Å². The number of nitrogens with zero attached hydrogens (tertiary/aromatic N) is 5. The lowest BCUT2D eigenvalue weighted by molar-refractivity contribution is 0.108. The fourth-order valence-electron chi connectivity index (χ4n) is 7.11. The van der Waals surface area contributed by atoms with Gasteiger partial charge in [0.2, 0.25) is 0 Å². The summed E-state index contributed by atoms with van der Waals surface area (Å²) in [7, 11) is 0. The first kappa shape index (κ1) is 26.9. The summed E-state index contributed by atoms with van der Waals surface area (Å²) in [5.74, 6) is 2.74. The zero-order chi connectivity index (χ0) is 28.7. The summed E-state index contributed by atoms with van der Waals surface area (Å²) in [6.45, 7) is 6.00. The average molecular weight is 567 g/mol. The number of phenols is 1. The van der Waals surface area contributed by atoms with Gasteiger partial charge in [0.25, 0.3) is 0 Å². The normalized spacial score (nSPS) is 19.0. The van der Waals surface area contributed by atoms with Crippen LogP contribution in [-0.4, -0.2) is 76.4 Å². The smallest absolute Gasteiger partial charge is 0.319 e. The molecule has 2 aromatic heterocycles. The zero-order valence-corrected chi connectivity index (χ0v) is 23.7. The lowest BCUT2D eigenvalue weighted by atomic mass is 9.95. The van der Waals surface area contributed by atoms with Crippen molar-refractivity contribution in [3.8, 4) is 35.4 Å². The first-order valence-electron chi connectivity index (χ1n) is 15.0. The molecule has 4 aromatic rings. The SMILES string of the molecule is C#Cc1cccc2cc(O)cc(-c3ncc4c(N5CCCCNCC5)nc(OCC56CCCN5CCC6)nc4c3F)c12. The fourth-order valence-corrected chi connectivity index (χ4v) is 7.11. The zero-order valence-electron chi connectivity index (χ0n) is 23.7. The Hall–Kier alpha value is -4.00. The molecule has 3 fully saturated rings. The van der Waals surface area contributed by atoms with E-state index in [4.69, 9.17) is 16.1 Å². The van der Waals surface area contributed by atoms with Crippen LogP contribution in [0.15, 0.2) is 36.5 Å². The van der Waals surface area contributed by atoms with Crippen molar-refractivity contribution < 1.29 is 14.2 Å². The van der Waals surface area contributed by atoms with Crippen molar-refractivity contribution in [1.82, 2.24) is 25.2 Å². The van der Waals surface area contributed by atoms with Crippen LogP contribution < -0.4 is 15.0 Å². The third kappa shape index (κ3) is 4.69. The Balaban J connectivity index is 1.37. The Morgan fingerprint density at radius 1 is 1.05 bits per heavy atom. The second-order valence-corrected chi connectivity index (χ2v) is 11.7. The molecule has 9 heteroatoms. The number of anilines is 1. The Morgan fingerprint density at radius 2 is 1.90 bits per heavy atom. The monoisotopic (exact) mass is 566 g/mol. The lowest BCUT2D eigenvalue weighted by Crippen LogP contribution is -2.43.